The van der Waals surface area contributed by atoms with Crippen molar-refractivity contribution in [2.45, 2.75) is 0 Å². The highest BCUT2D eigenvalue weighted by molar-refractivity contribution is 6.09. The van der Waals surface area contributed by atoms with Gasteiger partial charge in [-0.25, -0.2) is 9.97 Å². The third kappa shape index (κ3) is 2.08. The summed E-state index contributed by atoms with van der Waals surface area (Å²) in [6, 6.07) is 15.4. The van der Waals surface area contributed by atoms with Gasteiger partial charge in [0.25, 0.3) is 5.56 Å². The summed E-state index contributed by atoms with van der Waals surface area (Å²) in [7, 11) is 0. The molecule has 4 aromatic heterocycles. The molecule has 0 saturated heterocycles. The molecule has 0 radical (unpaired) electrons. The van der Waals surface area contributed by atoms with Crippen LogP contribution in [0.4, 0.5) is 0 Å². The van der Waals surface area contributed by atoms with Crippen molar-refractivity contribution in [3.8, 4) is 22.6 Å². The number of aromatic amines is 1. The molecule has 5 aromatic rings. The molecular formula is C19H11N3O3. The third-order valence-electron chi connectivity index (χ3n) is 4.09. The second-order valence-corrected chi connectivity index (χ2v) is 5.59. The Labute approximate surface area is 140 Å². The molecule has 0 amide bonds. The van der Waals surface area contributed by atoms with Gasteiger partial charge in [-0.15, -0.1) is 0 Å². The van der Waals surface area contributed by atoms with Crippen molar-refractivity contribution in [1.29, 1.82) is 0 Å². The lowest BCUT2D eigenvalue weighted by atomic mass is 10.0. The molecule has 6 nitrogen and oxygen atoms in total. The normalized spacial score (nSPS) is 11.4. The number of nitrogens with zero attached hydrogens (tertiary/aromatic N) is 2. The maximum atomic E-state index is 12.1. The number of aromatic nitrogens is 3. The summed E-state index contributed by atoms with van der Waals surface area (Å²) in [6.45, 7) is 0. The Bertz CT molecular complexity index is 1250. The molecule has 0 bridgehead atoms. The summed E-state index contributed by atoms with van der Waals surface area (Å²) in [4.78, 5) is 23.5. The lowest BCUT2D eigenvalue weighted by Gasteiger charge is -2.05. The van der Waals surface area contributed by atoms with E-state index in [0.29, 0.717) is 22.4 Å². The molecule has 0 aliphatic rings. The predicted molar refractivity (Wildman–Crippen MR) is 93.1 cm³/mol. The van der Waals surface area contributed by atoms with Crippen LogP contribution in [0.1, 0.15) is 0 Å². The third-order valence-corrected chi connectivity index (χ3v) is 4.09. The predicted octanol–water partition coefficient (Wildman–Crippen LogP) is 3.99. The summed E-state index contributed by atoms with van der Waals surface area (Å²) in [5, 5.41) is 0.663. The van der Waals surface area contributed by atoms with Crippen molar-refractivity contribution < 1.29 is 8.83 Å². The van der Waals surface area contributed by atoms with Crippen LogP contribution in [0.5, 0.6) is 0 Å². The molecule has 0 unspecified atom stereocenters. The maximum Gasteiger partial charge on any atom is 0.294 e. The van der Waals surface area contributed by atoms with Gasteiger partial charge in [0.2, 0.25) is 11.3 Å². The van der Waals surface area contributed by atoms with Gasteiger partial charge in [-0.2, -0.15) is 0 Å². The van der Waals surface area contributed by atoms with Crippen LogP contribution in [-0.2, 0) is 0 Å². The number of furan rings is 2. The Balaban J connectivity index is 1.94. The summed E-state index contributed by atoms with van der Waals surface area (Å²) >= 11 is 0. The van der Waals surface area contributed by atoms with Gasteiger partial charge in [0, 0.05) is 11.1 Å². The number of fused-ring (bicyclic) bond motifs is 3. The van der Waals surface area contributed by atoms with Gasteiger partial charge in [0.1, 0.15) is 11.3 Å². The monoisotopic (exact) mass is 329 g/mol. The fraction of sp³-hybridized carbons (Fsp3) is 0. The first-order valence-electron chi connectivity index (χ1n) is 7.71. The molecule has 6 heteroatoms. The fourth-order valence-corrected chi connectivity index (χ4v) is 2.96. The highest BCUT2D eigenvalue weighted by Crippen LogP contribution is 2.36. The average Bonchev–Trinajstić information content (AvgIpc) is 3.30. The zero-order valence-corrected chi connectivity index (χ0v) is 12.9. The van der Waals surface area contributed by atoms with Crippen molar-refractivity contribution in [3.05, 3.63) is 71.5 Å². The fourth-order valence-electron chi connectivity index (χ4n) is 2.96. The molecule has 120 valence electrons. The number of pyridine rings is 1. The summed E-state index contributed by atoms with van der Waals surface area (Å²) in [5.41, 5.74) is 3.10. The van der Waals surface area contributed by atoms with Crippen LogP contribution in [0.25, 0.3) is 44.8 Å². The molecule has 4 heterocycles. The van der Waals surface area contributed by atoms with E-state index in [1.165, 1.54) is 6.33 Å². The van der Waals surface area contributed by atoms with E-state index in [-0.39, 0.29) is 11.1 Å². The topological polar surface area (TPSA) is 84.9 Å². The van der Waals surface area contributed by atoms with Crippen LogP contribution in [0.2, 0.25) is 0 Å². The molecule has 25 heavy (non-hydrogen) atoms. The summed E-state index contributed by atoms with van der Waals surface area (Å²) in [6.07, 6.45) is 2.96. The van der Waals surface area contributed by atoms with Crippen LogP contribution in [0.15, 0.2) is 74.8 Å². The van der Waals surface area contributed by atoms with E-state index in [2.05, 4.69) is 15.0 Å². The standard InChI is InChI=1S/C19H11N3O3/c23-18-17-16(20-10-21-18)15-12(14-7-4-8-24-14)9-13(22-19(15)25-17)11-5-2-1-3-6-11/h1-10H,(H,20,21,23). The average molecular weight is 329 g/mol. The minimum atomic E-state index is -0.338. The number of hydrogen-bond donors (Lipinski definition) is 1. The Kier molecular flexibility index (Phi) is 2.84. The van der Waals surface area contributed by atoms with E-state index in [0.717, 1.165) is 16.8 Å². The van der Waals surface area contributed by atoms with Gasteiger partial charge in [-0.05, 0) is 18.2 Å². The van der Waals surface area contributed by atoms with Crippen LogP contribution < -0.4 is 5.56 Å². The molecule has 1 N–H and O–H groups in total. The van der Waals surface area contributed by atoms with Crippen molar-refractivity contribution in [2.24, 2.45) is 0 Å². The highest BCUT2D eigenvalue weighted by atomic mass is 16.3. The first-order valence-corrected chi connectivity index (χ1v) is 7.71. The molecule has 0 saturated carbocycles. The largest absolute Gasteiger partial charge is 0.464 e. The quantitative estimate of drug-likeness (QED) is 0.529. The molecule has 0 aliphatic heterocycles. The van der Waals surface area contributed by atoms with Crippen LogP contribution in [0.3, 0.4) is 0 Å². The SMILES string of the molecule is O=c1[nH]cnc2c1oc1nc(-c3ccccc3)cc(-c3ccco3)c12. The van der Waals surface area contributed by atoms with Gasteiger partial charge >= 0.3 is 0 Å². The Morgan fingerprint density at radius 3 is 2.72 bits per heavy atom. The van der Waals surface area contributed by atoms with E-state index in [1.807, 2.05) is 48.5 Å². The number of benzene rings is 1. The molecule has 0 fully saturated rings. The van der Waals surface area contributed by atoms with E-state index >= 15 is 0 Å². The minimum absolute atomic E-state index is 0.156. The number of H-pyrrole nitrogens is 1. The zero-order valence-electron chi connectivity index (χ0n) is 12.9. The molecule has 0 aliphatic carbocycles. The van der Waals surface area contributed by atoms with Gasteiger partial charge in [0.05, 0.1) is 23.7 Å². The highest BCUT2D eigenvalue weighted by Gasteiger charge is 2.20. The van der Waals surface area contributed by atoms with Crippen molar-refractivity contribution in [2.75, 3.05) is 0 Å². The molecule has 1 aromatic carbocycles. The molecule has 0 spiro atoms. The number of rotatable bonds is 2. The number of nitrogens with one attached hydrogen (secondary N) is 1. The van der Waals surface area contributed by atoms with Crippen molar-refractivity contribution in [3.63, 3.8) is 0 Å². The first kappa shape index (κ1) is 13.7. The Hall–Kier alpha value is -3.67. The summed E-state index contributed by atoms with van der Waals surface area (Å²) in [5.74, 6) is 0.661. The van der Waals surface area contributed by atoms with Crippen molar-refractivity contribution >= 4 is 22.2 Å². The zero-order chi connectivity index (χ0) is 16.8. The minimum Gasteiger partial charge on any atom is -0.464 e. The van der Waals surface area contributed by atoms with Crippen LogP contribution >= 0.6 is 0 Å². The Morgan fingerprint density at radius 1 is 1.04 bits per heavy atom. The molecule has 0 atom stereocenters. The molecule has 5 rings (SSSR count). The van der Waals surface area contributed by atoms with Crippen LogP contribution in [0, 0.1) is 0 Å². The smallest absolute Gasteiger partial charge is 0.294 e. The Morgan fingerprint density at radius 2 is 1.92 bits per heavy atom. The second-order valence-electron chi connectivity index (χ2n) is 5.59. The van der Waals surface area contributed by atoms with Crippen LogP contribution in [-0.4, -0.2) is 15.0 Å². The van der Waals surface area contributed by atoms with E-state index in [9.17, 15) is 4.79 Å². The van der Waals surface area contributed by atoms with E-state index < -0.39 is 0 Å². The first-order chi connectivity index (χ1) is 12.3. The van der Waals surface area contributed by atoms with Gasteiger partial charge in [-0.3, -0.25) is 4.79 Å². The van der Waals surface area contributed by atoms with Gasteiger partial charge < -0.3 is 13.8 Å². The van der Waals surface area contributed by atoms with Gasteiger partial charge in [0.15, 0.2) is 0 Å². The van der Waals surface area contributed by atoms with E-state index in [4.69, 9.17) is 8.83 Å². The lowest BCUT2D eigenvalue weighted by molar-refractivity contribution is 0.582. The second kappa shape index (κ2) is 5.17. The maximum absolute atomic E-state index is 12.1. The molecular weight excluding hydrogens is 318 g/mol. The summed E-state index contributed by atoms with van der Waals surface area (Å²) < 4.78 is 11.3. The van der Waals surface area contributed by atoms with Crippen molar-refractivity contribution in [1.82, 2.24) is 15.0 Å². The van der Waals surface area contributed by atoms with E-state index in [1.54, 1.807) is 6.26 Å². The number of hydrogen-bond acceptors (Lipinski definition) is 5. The van der Waals surface area contributed by atoms with Gasteiger partial charge in [-0.1, -0.05) is 30.3 Å². The lowest BCUT2D eigenvalue weighted by Crippen LogP contribution is -2.04.